The van der Waals surface area contributed by atoms with Gasteiger partial charge in [-0.2, -0.15) is 0 Å². The molecular weight excluding hydrogens is 200 g/mol. The summed E-state index contributed by atoms with van der Waals surface area (Å²) in [4.78, 5) is 22.2. The van der Waals surface area contributed by atoms with Gasteiger partial charge in [0.25, 0.3) is 5.91 Å². The van der Waals surface area contributed by atoms with Crippen molar-refractivity contribution in [3.05, 3.63) is 18.0 Å². The van der Waals surface area contributed by atoms with Crippen LogP contribution in [0.1, 0.15) is 24.3 Å². The molecule has 0 spiro atoms. The minimum atomic E-state index is -1.07. The monoisotopic (exact) mass is 212 g/mol. The Morgan fingerprint density at radius 1 is 1.53 bits per heavy atom. The van der Waals surface area contributed by atoms with E-state index < -0.39 is 17.9 Å². The molecule has 1 heterocycles. The summed E-state index contributed by atoms with van der Waals surface area (Å²) in [5, 5.41) is 14.6. The number of hydrogen-bond acceptors (Lipinski definition) is 4. The second kappa shape index (κ2) is 4.59. The number of rotatable bonds is 4. The number of amides is 1. The number of aliphatic carboxylic acids is 1. The summed E-state index contributed by atoms with van der Waals surface area (Å²) in [7, 11) is 0. The topological polar surface area (TPSA) is 92.4 Å². The Hall–Kier alpha value is -1.85. The van der Waals surface area contributed by atoms with Gasteiger partial charge in [-0.15, -0.1) is 0 Å². The second-order valence-electron chi connectivity index (χ2n) is 3.42. The Morgan fingerprint density at radius 2 is 2.20 bits per heavy atom. The fourth-order valence-corrected chi connectivity index (χ4v) is 1.06. The molecule has 15 heavy (non-hydrogen) atoms. The van der Waals surface area contributed by atoms with Crippen LogP contribution in [0.4, 0.5) is 0 Å². The highest BCUT2D eigenvalue weighted by Gasteiger charge is 2.24. The zero-order valence-electron chi connectivity index (χ0n) is 8.43. The fourth-order valence-electron chi connectivity index (χ4n) is 1.06. The predicted octanol–water partition coefficient (Wildman–Crippen LogP) is 0.514. The number of aromatic nitrogens is 1. The molecule has 1 rings (SSSR count). The quantitative estimate of drug-likeness (QED) is 0.758. The summed E-state index contributed by atoms with van der Waals surface area (Å²) < 4.78 is 4.48. The van der Waals surface area contributed by atoms with Gasteiger partial charge in [0.15, 0.2) is 5.69 Å². The summed E-state index contributed by atoms with van der Waals surface area (Å²) in [5.41, 5.74) is 0.0712. The lowest BCUT2D eigenvalue weighted by Gasteiger charge is -2.16. The van der Waals surface area contributed by atoms with Crippen LogP contribution in [0, 0.1) is 5.92 Å². The number of carbonyl (C=O) groups is 2. The summed E-state index contributed by atoms with van der Waals surface area (Å²) >= 11 is 0. The lowest BCUT2D eigenvalue weighted by atomic mass is 10.0. The minimum absolute atomic E-state index is 0.0712. The number of nitrogens with one attached hydrogen (secondary N) is 1. The van der Waals surface area contributed by atoms with E-state index in [0.717, 1.165) is 0 Å². The van der Waals surface area contributed by atoms with E-state index >= 15 is 0 Å². The molecule has 6 nitrogen and oxygen atoms in total. The molecule has 1 aromatic rings. The molecule has 2 N–H and O–H groups in total. The van der Waals surface area contributed by atoms with Crippen LogP contribution in [0.2, 0.25) is 0 Å². The van der Waals surface area contributed by atoms with Gasteiger partial charge >= 0.3 is 5.97 Å². The standard InChI is InChI=1S/C9H12N2O4/c1-5(2)7(9(13)14)10-8(12)6-3-4-15-11-6/h3-5,7H,1-2H3,(H,10,12)(H,13,14)/t7-/m0/s1. The largest absolute Gasteiger partial charge is 0.480 e. The highest BCUT2D eigenvalue weighted by Crippen LogP contribution is 2.03. The fraction of sp³-hybridized carbons (Fsp3) is 0.444. The Morgan fingerprint density at radius 3 is 2.60 bits per heavy atom. The van der Waals surface area contributed by atoms with Crippen molar-refractivity contribution in [2.24, 2.45) is 5.92 Å². The Bertz CT molecular complexity index is 345. The maximum absolute atomic E-state index is 11.4. The molecule has 0 saturated heterocycles. The SMILES string of the molecule is CC(C)[C@H](NC(=O)c1ccon1)C(=O)O. The van der Waals surface area contributed by atoms with Crippen LogP contribution in [-0.2, 0) is 4.79 Å². The van der Waals surface area contributed by atoms with Gasteiger partial charge in [-0.1, -0.05) is 19.0 Å². The molecule has 0 aliphatic carbocycles. The number of hydrogen-bond donors (Lipinski definition) is 2. The number of nitrogens with zero attached hydrogens (tertiary/aromatic N) is 1. The highest BCUT2D eigenvalue weighted by atomic mass is 16.5. The van der Waals surface area contributed by atoms with Gasteiger partial charge in [0.1, 0.15) is 12.3 Å². The lowest BCUT2D eigenvalue weighted by molar-refractivity contribution is -0.140. The van der Waals surface area contributed by atoms with E-state index in [1.165, 1.54) is 12.3 Å². The van der Waals surface area contributed by atoms with Gasteiger partial charge in [0.2, 0.25) is 0 Å². The molecule has 0 aromatic carbocycles. The van der Waals surface area contributed by atoms with Gasteiger partial charge in [-0.25, -0.2) is 4.79 Å². The van der Waals surface area contributed by atoms with Gasteiger partial charge in [0, 0.05) is 6.07 Å². The van der Waals surface area contributed by atoms with E-state index in [1.807, 2.05) is 0 Å². The molecule has 1 atom stereocenters. The maximum Gasteiger partial charge on any atom is 0.326 e. The third kappa shape index (κ3) is 2.80. The number of carboxylic acids is 1. The van der Waals surface area contributed by atoms with E-state index in [0.29, 0.717) is 0 Å². The predicted molar refractivity (Wildman–Crippen MR) is 50.2 cm³/mol. The molecule has 0 saturated carbocycles. The summed E-state index contributed by atoms with van der Waals surface area (Å²) in [6.45, 7) is 3.42. The van der Waals surface area contributed by atoms with Gasteiger partial charge < -0.3 is 14.9 Å². The lowest BCUT2D eigenvalue weighted by Crippen LogP contribution is -2.44. The molecule has 0 radical (unpaired) electrons. The first-order valence-electron chi connectivity index (χ1n) is 4.46. The van der Waals surface area contributed by atoms with Crippen molar-refractivity contribution in [2.75, 3.05) is 0 Å². The smallest absolute Gasteiger partial charge is 0.326 e. The Labute approximate surface area is 86.3 Å². The van der Waals surface area contributed by atoms with Crippen molar-refractivity contribution in [1.29, 1.82) is 0 Å². The van der Waals surface area contributed by atoms with Crippen molar-refractivity contribution in [3.8, 4) is 0 Å². The van der Waals surface area contributed by atoms with E-state index in [-0.39, 0.29) is 11.6 Å². The molecule has 0 unspecified atom stereocenters. The van der Waals surface area contributed by atoms with Gasteiger partial charge in [-0.3, -0.25) is 4.79 Å². The molecule has 82 valence electrons. The maximum atomic E-state index is 11.4. The van der Waals surface area contributed by atoms with E-state index in [9.17, 15) is 9.59 Å². The van der Waals surface area contributed by atoms with Crippen LogP contribution in [0.5, 0.6) is 0 Å². The zero-order valence-corrected chi connectivity index (χ0v) is 8.43. The summed E-state index contributed by atoms with van der Waals surface area (Å²) in [5.74, 6) is -1.81. The third-order valence-electron chi connectivity index (χ3n) is 1.89. The Kier molecular flexibility index (Phi) is 3.43. The molecule has 1 aromatic heterocycles. The minimum Gasteiger partial charge on any atom is -0.480 e. The molecule has 1 amide bonds. The molecule has 6 heteroatoms. The highest BCUT2D eigenvalue weighted by molar-refractivity contribution is 5.94. The average molecular weight is 212 g/mol. The Balaban J connectivity index is 2.67. The summed E-state index contributed by atoms with van der Waals surface area (Å²) in [6, 6.07) is 0.448. The van der Waals surface area contributed by atoms with Crippen LogP contribution in [0.3, 0.4) is 0 Å². The van der Waals surface area contributed by atoms with E-state index in [1.54, 1.807) is 13.8 Å². The first-order chi connectivity index (χ1) is 7.02. The van der Waals surface area contributed by atoms with E-state index in [2.05, 4.69) is 15.0 Å². The van der Waals surface area contributed by atoms with Crippen molar-refractivity contribution in [1.82, 2.24) is 10.5 Å². The molecule has 0 fully saturated rings. The first kappa shape index (κ1) is 11.2. The molecule has 0 aliphatic heterocycles. The van der Waals surface area contributed by atoms with Crippen LogP contribution < -0.4 is 5.32 Å². The number of carboxylic acid groups (broad SMARTS) is 1. The van der Waals surface area contributed by atoms with Crippen molar-refractivity contribution in [3.63, 3.8) is 0 Å². The average Bonchev–Trinajstić information content (AvgIpc) is 2.65. The van der Waals surface area contributed by atoms with Crippen LogP contribution >= 0.6 is 0 Å². The first-order valence-corrected chi connectivity index (χ1v) is 4.46. The van der Waals surface area contributed by atoms with Gasteiger partial charge in [-0.05, 0) is 5.92 Å². The molecular formula is C9H12N2O4. The zero-order chi connectivity index (χ0) is 11.4. The third-order valence-corrected chi connectivity index (χ3v) is 1.89. The second-order valence-corrected chi connectivity index (χ2v) is 3.42. The van der Waals surface area contributed by atoms with Crippen molar-refractivity contribution < 1.29 is 19.2 Å². The van der Waals surface area contributed by atoms with Crippen molar-refractivity contribution in [2.45, 2.75) is 19.9 Å². The summed E-state index contributed by atoms with van der Waals surface area (Å²) in [6.07, 6.45) is 1.25. The van der Waals surface area contributed by atoms with Crippen LogP contribution in [-0.4, -0.2) is 28.2 Å². The molecule has 0 aliphatic rings. The normalized spacial score (nSPS) is 12.5. The molecule has 0 bridgehead atoms. The van der Waals surface area contributed by atoms with E-state index in [4.69, 9.17) is 5.11 Å². The van der Waals surface area contributed by atoms with Crippen LogP contribution in [0.15, 0.2) is 16.9 Å². The van der Waals surface area contributed by atoms with Crippen LogP contribution in [0.25, 0.3) is 0 Å². The van der Waals surface area contributed by atoms with Crippen molar-refractivity contribution >= 4 is 11.9 Å². The number of carbonyl (C=O) groups excluding carboxylic acids is 1. The van der Waals surface area contributed by atoms with Gasteiger partial charge in [0.05, 0.1) is 0 Å².